The minimum absolute atomic E-state index is 0.122. The van der Waals surface area contributed by atoms with Gasteiger partial charge in [-0.25, -0.2) is 0 Å². The van der Waals surface area contributed by atoms with Crippen molar-refractivity contribution in [1.29, 1.82) is 0 Å². The molecule has 0 bridgehead atoms. The lowest BCUT2D eigenvalue weighted by molar-refractivity contribution is -0.132. The number of aliphatic hydroxyl groups is 1. The number of nitrogens with zero attached hydrogens (tertiary/aromatic N) is 1. The van der Waals surface area contributed by atoms with Crippen LogP contribution in [0.15, 0.2) is 66.2 Å². The van der Waals surface area contributed by atoms with Crippen LogP contribution >= 0.6 is 11.6 Å². The molecule has 2 amide bonds. The van der Waals surface area contributed by atoms with Crippen molar-refractivity contribution < 1.29 is 33.7 Å². The highest BCUT2D eigenvalue weighted by atomic mass is 35.5. The van der Waals surface area contributed by atoms with Crippen molar-refractivity contribution in [2.24, 2.45) is 0 Å². The lowest BCUT2D eigenvalue weighted by Crippen LogP contribution is -2.29. The SMILES string of the molecule is COc1ccc(C2/C(=C(\O)c3cc(OC)c(Cl)cc3OC)C(=O)C(=O)N2c2cccc(NC(C)=O)c2)cc1. The summed E-state index contributed by atoms with van der Waals surface area (Å²) in [5, 5.41) is 14.4. The number of halogens is 1. The Labute approximate surface area is 224 Å². The van der Waals surface area contributed by atoms with Crippen molar-refractivity contribution in [3.8, 4) is 17.2 Å². The van der Waals surface area contributed by atoms with E-state index >= 15 is 0 Å². The Bertz CT molecular complexity index is 1450. The third-order valence-corrected chi connectivity index (χ3v) is 6.35. The lowest BCUT2D eigenvalue weighted by atomic mass is 9.94. The van der Waals surface area contributed by atoms with E-state index in [1.54, 1.807) is 48.5 Å². The largest absolute Gasteiger partial charge is 0.507 e. The van der Waals surface area contributed by atoms with Crippen LogP contribution in [0.2, 0.25) is 5.02 Å². The Hall–Kier alpha value is -4.50. The number of nitrogens with one attached hydrogen (secondary N) is 1. The van der Waals surface area contributed by atoms with Gasteiger partial charge in [-0.05, 0) is 42.0 Å². The maximum absolute atomic E-state index is 13.5. The van der Waals surface area contributed by atoms with Gasteiger partial charge in [0, 0.05) is 24.4 Å². The molecule has 3 aromatic carbocycles. The molecular weight excluding hydrogens is 512 g/mol. The molecule has 38 heavy (non-hydrogen) atoms. The van der Waals surface area contributed by atoms with Crippen LogP contribution in [0, 0.1) is 0 Å². The zero-order valence-corrected chi connectivity index (χ0v) is 21.8. The van der Waals surface area contributed by atoms with E-state index in [0.717, 1.165) is 0 Å². The highest BCUT2D eigenvalue weighted by Crippen LogP contribution is 2.45. The predicted octanol–water partition coefficient (Wildman–Crippen LogP) is 4.95. The molecule has 4 rings (SSSR count). The van der Waals surface area contributed by atoms with Crippen molar-refractivity contribution in [3.63, 3.8) is 0 Å². The molecule has 0 saturated carbocycles. The Kier molecular flexibility index (Phi) is 7.59. The van der Waals surface area contributed by atoms with Crippen LogP contribution in [-0.4, -0.2) is 44.0 Å². The third-order valence-electron chi connectivity index (χ3n) is 6.05. The maximum atomic E-state index is 13.5. The Morgan fingerprint density at radius 3 is 2.24 bits per heavy atom. The summed E-state index contributed by atoms with van der Waals surface area (Å²) in [6.07, 6.45) is 0. The van der Waals surface area contributed by atoms with Crippen LogP contribution in [0.5, 0.6) is 17.2 Å². The molecule has 0 radical (unpaired) electrons. The second-order valence-corrected chi connectivity index (χ2v) is 8.77. The van der Waals surface area contributed by atoms with Gasteiger partial charge in [0.05, 0.1) is 43.5 Å². The standard InChI is InChI=1S/C28H25ClN2O7/c1-15(32)30-17-6-5-7-18(12-17)31-25(16-8-10-19(36-2)11-9-16)24(27(34)28(31)35)26(33)20-13-23(38-4)21(29)14-22(20)37-3/h5-14,25,33H,1-4H3,(H,30,32)/b26-24+. The van der Waals surface area contributed by atoms with E-state index in [0.29, 0.717) is 22.7 Å². The number of benzene rings is 3. The summed E-state index contributed by atoms with van der Waals surface area (Å²) in [4.78, 5) is 39.9. The van der Waals surface area contributed by atoms with Gasteiger partial charge in [-0.2, -0.15) is 0 Å². The van der Waals surface area contributed by atoms with Crippen molar-refractivity contribution in [1.82, 2.24) is 0 Å². The number of Topliss-reactive ketones (excluding diaryl/α,β-unsaturated/α-hetero) is 1. The van der Waals surface area contributed by atoms with Crippen LogP contribution in [0.1, 0.15) is 24.1 Å². The smallest absolute Gasteiger partial charge is 0.300 e. The average Bonchev–Trinajstić information content (AvgIpc) is 3.18. The molecule has 1 atom stereocenters. The Morgan fingerprint density at radius 1 is 0.947 bits per heavy atom. The molecule has 0 aromatic heterocycles. The number of amides is 2. The summed E-state index contributed by atoms with van der Waals surface area (Å²) < 4.78 is 15.9. The topological polar surface area (TPSA) is 114 Å². The van der Waals surface area contributed by atoms with Gasteiger partial charge in [-0.15, -0.1) is 0 Å². The number of carbonyl (C=O) groups is 3. The first-order valence-corrected chi connectivity index (χ1v) is 11.8. The number of methoxy groups -OCH3 is 3. The molecule has 9 nitrogen and oxygen atoms in total. The highest BCUT2D eigenvalue weighted by Gasteiger charge is 2.47. The van der Waals surface area contributed by atoms with Crippen LogP contribution < -0.4 is 24.4 Å². The highest BCUT2D eigenvalue weighted by molar-refractivity contribution is 6.51. The quantitative estimate of drug-likeness (QED) is 0.249. The van der Waals surface area contributed by atoms with E-state index in [-0.39, 0.29) is 33.6 Å². The van der Waals surface area contributed by atoms with Crippen LogP contribution in [0.25, 0.3) is 5.76 Å². The number of anilines is 2. The van der Waals surface area contributed by atoms with E-state index in [4.69, 9.17) is 25.8 Å². The molecule has 0 aliphatic carbocycles. The first kappa shape index (κ1) is 26.6. The minimum atomic E-state index is -1.01. The van der Waals surface area contributed by atoms with Crippen molar-refractivity contribution in [3.05, 3.63) is 82.4 Å². The first-order valence-electron chi connectivity index (χ1n) is 11.4. The van der Waals surface area contributed by atoms with Gasteiger partial charge in [0.2, 0.25) is 5.91 Å². The number of hydrogen-bond acceptors (Lipinski definition) is 7. The van der Waals surface area contributed by atoms with Crippen LogP contribution in [0.3, 0.4) is 0 Å². The molecule has 3 aromatic rings. The number of hydrogen-bond donors (Lipinski definition) is 2. The molecule has 0 spiro atoms. The van der Waals surface area contributed by atoms with Crippen LogP contribution in [0.4, 0.5) is 11.4 Å². The van der Waals surface area contributed by atoms with Gasteiger partial charge in [-0.1, -0.05) is 29.8 Å². The van der Waals surface area contributed by atoms with E-state index in [1.165, 1.54) is 45.3 Å². The summed E-state index contributed by atoms with van der Waals surface area (Å²) in [6, 6.07) is 15.2. The van der Waals surface area contributed by atoms with Gasteiger partial charge < -0.3 is 24.6 Å². The van der Waals surface area contributed by atoms with E-state index < -0.39 is 23.5 Å². The minimum Gasteiger partial charge on any atom is -0.507 e. The van der Waals surface area contributed by atoms with Crippen molar-refractivity contribution >= 4 is 46.3 Å². The molecular formula is C28H25ClN2O7. The van der Waals surface area contributed by atoms with Crippen molar-refractivity contribution in [2.75, 3.05) is 31.5 Å². The number of carbonyl (C=O) groups excluding carboxylic acids is 3. The summed E-state index contributed by atoms with van der Waals surface area (Å²) in [7, 11) is 4.33. The molecule has 10 heteroatoms. The Balaban J connectivity index is 1.97. The third kappa shape index (κ3) is 4.88. The molecule has 1 heterocycles. The first-order chi connectivity index (χ1) is 18.2. The van der Waals surface area contributed by atoms with E-state index in [1.807, 2.05) is 0 Å². The number of ketones is 1. The fraction of sp³-hybridized carbons (Fsp3) is 0.179. The molecule has 196 valence electrons. The molecule has 1 aliphatic heterocycles. The monoisotopic (exact) mass is 536 g/mol. The Morgan fingerprint density at radius 2 is 1.63 bits per heavy atom. The van der Waals surface area contributed by atoms with Gasteiger partial charge in [0.15, 0.2) is 0 Å². The summed E-state index contributed by atoms with van der Waals surface area (Å²) in [5.74, 6) is -1.51. The van der Waals surface area contributed by atoms with E-state index in [9.17, 15) is 19.5 Å². The number of aliphatic hydroxyl groups excluding tert-OH is 1. The average molecular weight is 537 g/mol. The van der Waals surface area contributed by atoms with Gasteiger partial charge in [0.1, 0.15) is 23.0 Å². The normalized spacial score (nSPS) is 16.3. The molecule has 1 fully saturated rings. The zero-order chi connectivity index (χ0) is 27.6. The number of ether oxygens (including phenoxy) is 3. The fourth-order valence-electron chi connectivity index (χ4n) is 4.33. The fourth-order valence-corrected chi connectivity index (χ4v) is 4.56. The van der Waals surface area contributed by atoms with Crippen LogP contribution in [-0.2, 0) is 14.4 Å². The van der Waals surface area contributed by atoms with Gasteiger partial charge in [0.25, 0.3) is 11.7 Å². The molecule has 1 saturated heterocycles. The maximum Gasteiger partial charge on any atom is 0.300 e. The summed E-state index contributed by atoms with van der Waals surface area (Å²) in [5.41, 5.74) is 1.29. The van der Waals surface area contributed by atoms with Crippen molar-refractivity contribution in [2.45, 2.75) is 13.0 Å². The van der Waals surface area contributed by atoms with E-state index in [2.05, 4.69) is 5.32 Å². The van der Waals surface area contributed by atoms with Gasteiger partial charge >= 0.3 is 0 Å². The predicted molar refractivity (Wildman–Crippen MR) is 143 cm³/mol. The zero-order valence-electron chi connectivity index (χ0n) is 21.1. The molecule has 1 aliphatic rings. The van der Waals surface area contributed by atoms with Gasteiger partial charge in [-0.3, -0.25) is 19.3 Å². The summed E-state index contributed by atoms with van der Waals surface area (Å²) >= 11 is 6.23. The molecule has 1 unspecified atom stereocenters. The lowest BCUT2D eigenvalue weighted by Gasteiger charge is -2.26. The second-order valence-electron chi connectivity index (χ2n) is 8.36. The second kappa shape index (κ2) is 10.9. The molecule has 2 N–H and O–H groups in total. The number of rotatable bonds is 7. The summed E-state index contributed by atoms with van der Waals surface area (Å²) in [6.45, 7) is 1.37.